The summed E-state index contributed by atoms with van der Waals surface area (Å²) in [6.45, 7) is 4.47. The van der Waals surface area contributed by atoms with Crippen LogP contribution in [0.1, 0.15) is 37.2 Å². The third-order valence-electron chi connectivity index (χ3n) is 7.44. The molecule has 3 nitrogen and oxygen atoms in total. The molecule has 1 heterocycles. The second kappa shape index (κ2) is 9.79. The fourth-order valence-electron chi connectivity index (χ4n) is 5.57. The molecule has 0 radical (unpaired) electrons. The minimum atomic E-state index is 0.714. The number of rotatable bonds is 5. The molecule has 3 aromatic carbocycles. The molecule has 0 bridgehead atoms. The molecule has 0 atom stereocenters. The highest BCUT2D eigenvalue weighted by Crippen LogP contribution is 2.36. The Morgan fingerprint density at radius 2 is 1.28 bits per heavy atom. The molecule has 3 aromatic rings. The minimum Gasteiger partial charge on any atom is -0.495 e. The Kier molecular flexibility index (Phi) is 6.45. The second-order valence-corrected chi connectivity index (χ2v) is 9.19. The number of ether oxygens (including phenoxy) is 1. The van der Waals surface area contributed by atoms with Crippen molar-refractivity contribution in [2.45, 2.75) is 37.6 Å². The van der Waals surface area contributed by atoms with E-state index in [-0.39, 0.29) is 0 Å². The zero-order chi connectivity index (χ0) is 21.8. The van der Waals surface area contributed by atoms with Crippen LogP contribution in [0.5, 0.6) is 5.75 Å². The second-order valence-electron chi connectivity index (χ2n) is 9.19. The average molecular weight is 427 g/mol. The predicted molar refractivity (Wildman–Crippen MR) is 134 cm³/mol. The van der Waals surface area contributed by atoms with E-state index < -0.39 is 0 Å². The molecule has 1 saturated carbocycles. The molecule has 0 N–H and O–H groups in total. The highest BCUT2D eigenvalue weighted by atomic mass is 16.5. The van der Waals surface area contributed by atoms with Gasteiger partial charge in [0, 0.05) is 32.2 Å². The Labute approximate surface area is 192 Å². The van der Waals surface area contributed by atoms with E-state index in [2.05, 4.69) is 82.6 Å². The quantitative estimate of drug-likeness (QED) is 0.482. The summed E-state index contributed by atoms with van der Waals surface area (Å²) in [4.78, 5) is 5.22. The molecular formula is C29H34N2O. The van der Waals surface area contributed by atoms with E-state index in [0.717, 1.165) is 38.0 Å². The first kappa shape index (κ1) is 21.1. The van der Waals surface area contributed by atoms with Crippen molar-refractivity contribution in [3.8, 4) is 16.9 Å². The lowest BCUT2D eigenvalue weighted by atomic mass is 9.80. The van der Waals surface area contributed by atoms with Gasteiger partial charge in [0.05, 0.1) is 12.8 Å². The average Bonchev–Trinajstić information content (AvgIpc) is 2.89. The van der Waals surface area contributed by atoms with Crippen LogP contribution in [0.2, 0.25) is 0 Å². The topological polar surface area (TPSA) is 15.7 Å². The van der Waals surface area contributed by atoms with E-state index in [1.165, 1.54) is 48.1 Å². The van der Waals surface area contributed by atoms with Gasteiger partial charge in [0.15, 0.2) is 0 Å². The van der Waals surface area contributed by atoms with Gasteiger partial charge in [-0.05, 0) is 60.4 Å². The van der Waals surface area contributed by atoms with Crippen LogP contribution in [0.4, 0.5) is 5.69 Å². The summed E-state index contributed by atoms with van der Waals surface area (Å²) in [7, 11) is 1.77. The van der Waals surface area contributed by atoms with Crippen molar-refractivity contribution in [2.24, 2.45) is 0 Å². The molecule has 1 saturated heterocycles. The number of hydrogen-bond donors (Lipinski definition) is 0. The zero-order valence-corrected chi connectivity index (χ0v) is 19.1. The lowest BCUT2D eigenvalue weighted by Gasteiger charge is -2.43. The van der Waals surface area contributed by atoms with Crippen molar-refractivity contribution in [1.29, 1.82) is 0 Å². The minimum absolute atomic E-state index is 0.714. The molecule has 3 heteroatoms. The normalized spacial score (nSPS) is 22.0. The summed E-state index contributed by atoms with van der Waals surface area (Å²) in [5, 5.41) is 0. The van der Waals surface area contributed by atoms with E-state index in [1.54, 1.807) is 7.11 Å². The van der Waals surface area contributed by atoms with Gasteiger partial charge >= 0.3 is 0 Å². The maximum atomic E-state index is 5.57. The number of nitrogens with zero attached hydrogens (tertiary/aromatic N) is 2. The van der Waals surface area contributed by atoms with Crippen LogP contribution < -0.4 is 9.64 Å². The van der Waals surface area contributed by atoms with Crippen molar-refractivity contribution in [2.75, 3.05) is 38.2 Å². The monoisotopic (exact) mass is 426 g/mol. The number of anilines is 1. The first-order valence-corrected chi connectivity index (χ1v) is 12.1. The number of hydrogen-bond acceptors (Lipinski definition) is 3. The Bertz CT molecular complexity index is 985. The number of methoxy groups -OCH3 is 1. The van der Waals surface area contributed by atoms with E-state index >= 15 is 0 Å². The largest absolute Gasteiger partial charge is 0.495 e. The van der Waals surface area contributed by atoms with Gasteiger partial charge in [-0.3, -0.25) is 4.90 Å². The zero-order valence-electron chi connectivity index (χ0n) is 19.1. The Hall–Kier alpha value is -2.78. The van der Waals surface area contributed by atoms with Crippen LogP contribution in [0, 0.1) is 0 Å². The fourth-order valence-corrected chi connectivity index (χ4v) is 5.57. The van der Waals surface area contributed by atoms with Gasteiger partial charge in [-0.15, -0.1) is 0 Å². The maximum absolute atomic E-state index is 5.57. The summed E-state index contributed by atoms with van der Waals surface area (Å²) in [5.74, 6) is 1.70. The van der Waals surface area contributed by atoms with Crippen LogP contribution in [0.15, 0.2) is 78.9 Å². The summed E-state index contributed by atoms with van der Waals surface area (Å²) in [5.41, 5.74) is 5.37. The first-order chi connectivity index (χ1) is 15.8. The third kappa shape index (κ3) is 4.54. The molecule has 0 unspecified atom stereocenters. The van der Waals surface area contributed by atoms with E-state index in [4.69, 9.17) is 4.74 Å². The SMILES string of the molecule is COc1ccccc1N1CCN([C@H]2CC[C@H](c3ccc(-c4ccccc4)cc3)CC2)CC1. The molecular weight excluding hydrogens is 392 g/mol. The van der Waals surface area contributed by atoms with Crippen molar-refractivity contribution in [3.05, 3.63) is 84.4 Å². The van der Waals surface area contributed by atoms with Crippen LogP contribution >= 0.6 is 0 Å². The van der Waals surface area contributed by atoms with Crippen LogP contribution in [0.25, 0.3) is 11.1 Å². The summed E-state index contributed by atoms with van der Waals surface area (Å²) in [6, 6.07) is 29.1. The van der Waals surface area contributed by atoms with Crippen molar-refractivity contribution in [1.82, 2.24) is 4.90 Å². The van der Waals surface area contributed by atoms with Crippen molar-refractivity contribution < 1.29 is 4.74 Å². The number of piperazine rings is 1. The van der Waals surface area contributed by atoms with Crippen molar-refractivity contribution in [3.63, 3.8) is 0 Å². The molecule has 0 aromatic heterocycles. The molecule has 0 spiro atoms. The van der Waals surface area contributed by atoms with Crippen molar-refractivity contribution >= 4 is 5.69 Å². The standard InChI is InChI=1S/C29H34N2O/c1-32-29-10-6-5-9-28(29)31-21-19-30(20-22-31)27-17-15-26(16-18-27)25-13-11-24(12-14-25)23-7-3-2-4-8-23/h2-14,26-27H,15-22H2,1H3/t26-,27-. The number of para-hydroxylation sites is 2. The van der Waals surface area contributed by atoms with Gasteiger partial charge in [-0.2, -0.15) is 0 Å². The van der Waals surface area contributed by atoms with Crippen LogP contribution in [-0.2, 0) is 0 Å². The fraction of sp³-hybridized carbons (Fsp3) is 0.379. The molecule has 1 aliphatic carbocycles. The molecule has 0 amide bonds. The smallest absolute Gasteiger partial charge is 0.142 e. The Morgan fingerprint density at radius 1 is 0.656 bits per heavy atom. The van der Waals surface area contributed by atoms with Gasteiger partial charge < -0.3 is 9.64 Å². The molecule has 2 fully saturated rings. The Morgan fingerprint density at radius 3 is 1.97 bits per heavy atom. The summed E-state index contributed by atoms with van der Waals surface area (Å²) >= 11 is 0. The highest BCUT2D eigenvalue weighted by Gasteiger charge is 2.29. The van der Waals surface area contributed by atoms with Crippen LogP contribution in [0.3, 0.4) is 0 Å². The molecule has 166 valence electrons. The summed E-state index contributed by atoms with van der Waals surface area (Å²) < 4.78 is 5.57. The first-order valence-electron chi connectivity index (χ1n) is 12.1. The van der Waals surface area contributed by atoms with Gasteiger partial charge in [0.25, 0.3) is 0 Å². The van der Waals surface area contributed by atoms with Gasteiger partial charge in [-0.25, -0.2) is 0 Å². The highest BCUT2D eigenvalue weighted by molar-refractivity contribution is 5.63. The van der Waals surface area contributed by atoms with Gasteiger partial charge in [0.1, 0.15) is 5.75 Å². The van der Waals surface area contributed by atoms with Gasteiger partial charge in [0.2, 0.25) is 0 Å². The Balaban J connectivity index is 1.14. The summed E-state index contributed by atoms with van der Waals surface area (Å²) in [6.07, 6.45) is 5.25. The molecule has 5 rings (SSSR count). The van der Waals surface area contributed by atoms with E-state index in [0.29, 0.717) is 5.92 Å². The molecule has 1 aliphatic heterocycles. The number of benzene rings is 3. The third-order valence-corrected chi connectivity index (χ3v) is 7.44. The molecule has 2 aliphatic rings. The van der Waals surface area contributed by atoms with Crippen LogP contribution in [-0.4, -0.2) is 44.2 Å². The maximum Gasteiger partial charge on any atom is 0.142 e. The van der Waals surface area contributed by atoms with E-state index in [9.17, 15) is 0 Å². The van der Waals surface area contributed by atoms with Gasteiger partial charge in [-0.1, -0.05) is 66.7 Å². The lowest BCUT2D eigenvalue weighted by molar-refractivity contribution is 0.141. The predicted octanol–water partition coefficient (Wildman–Crippen LogP) is 6.21. The lowest BCUT2D eigenvalue weighted by Crippen LogP contribution is -2.51. The molecule has 32 heavy (non-hydrogen) atoms. The van der Waals surface area contributed by atoms with E-state index in [1.807, 2.05) is 6.07 Å².